The van der Waals surface area contributed by atoms with Crippen molar-refractivity contribution in [2.45, 2.75) is 12.7 Å². The van der Waals surface area contributed by atoms with Crippen molar-refractivity contribution < 1.29 is 9.69 Å². The molecule has 1 unspecified atom stereocenters. The largest absolute Gasteiger partial charge is 0.346 e. The Balaban J connectivity index is 2.08. The van der Waals surface area contributed by atoms with Crippen LogP contribution in [0.2, 0.25) is 0 Å². The fourth-order valence-corrected chi connectivity index (χ4v) is 1.88. The van der Waals surface area contributed by atoms with Crippen LogP contribution in [-0.4, -0.2) is 24.1 Å². The van der Waals surface area contributed by atoms with E-state index in [1.165, 1.54) is 16.5 Å². The Labute approximate surface area is 87.8 Å². The first-order chi connectivity index (χ1) is 7.34. The highest BCUT2D eigenvalue weighted by molar-refractivity contribution is 6.30. The molecule has 0 aliphatic carbocycles. The summed E-state index contributed by atoms with van der Waals surface area (Å²) in [6, 6.07) is 2.16. The van der Waals surface area contributed by atoms with Gasteiger partial charge in [-0.3, -0.25) is 4.89 Å². The SMILES string of the molecule is Cc1c[nH]c2ncc(C3BOOC3)cc12. The molecule has 2 aromatic heterocycles. The molecule has 0 amide bonds. The van der Waals surface area contributed by atoms with Crippen molar-refractivity contribution in [2.24, 2.45) is 0 Å². The second-order valence-corrected chi connectivity index (χ2v) is 3.90. The molecule has 1 fully saturated rings. The van der Waals surface area contributed by atoms with Crippen LogP contribution in [0.1, 0.15) is 16.9 Å². The van der Waals surface area contributed by atoms with E-state index in [2.05, 4.69) is 23.0 Å². The van der Waals surface area contributed by atoms with E-state index in [1.54, 1.807) is 0 Å². The normalized spacial score (nSPS) is 20.7. The molecule has 5 heteroatoms. The van der Waals surface area contributed by atoms with Crippen LogP contribution in [0.3, 0.4) is 0 Å². The summed E-state index contributed by atoms with van der Waals surface area (Å²) in [6.45, 7) is 2.70. The van der Waals surface area contributed by atoms with E-state index >= 15 is 0 Å². The summed E-state index contributed by atoms with van der Waals surface area (Å²) in [5, 5.41) is 1.18. The molecular formula is C10H11BN2O2. The zero-order valence-electron chi connectivity index (χ0n) is 8.49. The molecular weight excluding hydrogens is 191 g/mol. The first-order valence-electron chi connectivity index (χ1n) is 5.02. The number of H-pyrrole nitrogens is 1. The molecule has 0 radical (unpaired) electrons. The molecule has 0 saturated carbocycles. The van der Waals surface area contributed by atoms with E-state index < -0.39 is 0 Å². The van der Waals surface area contributed by atoms with Crippen molar-refractivity contribution >= 4 is 18.5 Å². The summed E-state index contributed by atoms with van der Waals surface area (Å²) >= 11 is 0. The monoisotopic (exact) mass is 202 g/mol. The Morgan fingerprint density at radius 1 is 1.60 bits per heavy atom. The van der Waals surface area contributed by atoms with Gasteiger partial charge in [-0.15, -0.1) is 0 Å². The number of hydrogen-bond donors (Lipinski definition) is 1. The van der Waals surface area contributed by atoms with Crippen LogP contribution in [0, 0.1) is 6.92 Å². The summed E-state index contributed by atoms with van der Waals surface area (Å²) < 4.78 is 0. The second-order valence-electron chi connectivity index (χ2n) is 3.90. The standard InChI is InChI=1S/C10H11BN2O2/c1-6-3-12-10-8(6)2-7(4-13-10)9-5-14-15-11-9/h2-4,9,11H,5H2,1H3,(H,12,13). The first-order valence-corrected chi connectivity index (χ1v) is 5.02. The quantitative estimate of drug-likeness (QED) is 0.558. The maximum Gasteiger partial charge on any atom is 0.333 e. The minimum atomic E-state index is 0.316. The molecule has 2 aromatic rings. The van der Waals surface area contributed by atoms with Gasteiger partial charge in [-0.1, -0.05) is 0 Å². The highest BCUT2D eigenvalue weighted by atomic mass is 17.2. The number of nitrogens with one attached hydrogen (secondary N) is 1. The molecule has 15 heavy (non-hydrogen) atoms. The van der Waals surface area contributed by atoms with E-state index in [4.69, 9.17) is 9.69 Å². The van der Waals surface area contributed by atoms with E-state index in [0.29, 0.717) is 19.9 Å². The third-order valence-electron chi connectivity index (χ3n) is 2.85. The van der Waals surface area contributed by atoms with Gasteiger partial charge in [0.1, 0.15) is 5.65 Å². The number of aromatic amines is 1. The predicted molar refractivity (Wildman–Crippen MR) is 57.8 cm³/mol. The molecule has 3 heterocycles. The molecule has 76 valence electrons. The minimum Gasteiger partial charge on any atom is -0.346 e. The molecule has 1 aliphatic rings. The maximum atomic E-state index is 4.90. The Kier molecular flexibility index (Phi) is 2.00. The van der Waals surface area contributed by atoms with Gasteiger partial charge >= 0.3 is 7.48 Å². The highest BCUT2D eigenvalue weighted by Gasteiger charge is 2.22. The van der Waals surface area contributed by atoms with Crippen LogP contribution < -0.4 is 0 Å². The zero-order valence-corrected chi connectivity index (χ0v) is 8.49. The van der Waals surface area contributed by atoms with Crippen molar-refractivity contribution in [3.05, 3.63) is 29.6 Å². The average molecular weight is 202 g/mol. The zero-order chi connectivity index (χ0) is 10.3. The number of pyridine rings is 1. The van der Waals surface area contributed by atoms with Crippen molar-refractivity contribution in [3.63, 3.8) is 0 Å². The van der Waals surface area contributed by atoms with Crippen molar-refractivity contribution in [1.29, 1.82) is 0 Å². The first kappa shape index (κ1) is 8.94. The summed E-state index contributed by atoms with van der Waals surface area (Å²) in [5.74, 6) is 0.316. The molecule has 1 saturated heterocycles. The van der Waals surface area contributed by atoms with Gasteiger partial charge in [0.25, 0.3) is 0 Å². The molecule has 0 aromatic carbocycles. The summed E-state index contributed by atoms with van der Waals surface area (Å²) in [7, 11) is 0.622. The summed E-state index contributed by atoms with van der Waals surface area (Å²) in [6.07, 6.45) is 3.87. The third kappa shape index (κ3) is 1.44. The van der Waals surface area contributed by atoms with Crippen LogP contribution in [0.25, 0.3) is 11.0 Å². The van der Waals surface area contributed by atoms with Gasteiger partial charge in [0, 0.05) is 23.6 Å². The third-order valence-corrected chi connectivity index (χ3v) is 2.85. The van der Waals surface area contributed by atoms with E-state index in [-0.39, 0.29) is 0 Å². The van der Waals surface area contributed by atoms with Gasteiger partial charge in [0.15, 0.2) is 0 Å². The Morgan fingerprint density at radius 2 is 2.53 bits per heavy atom. The Morgan fingerprint density at radius 3 is 3.33 bits per heavy atom. The summed E-state index contributed by atoms with van der Waals surface area (Å²) in [4.78, 5) is 17.3. The lowest BCUT2D eigenvalue weighted by molar-refractivity contribution is -0.183. The van der Waals surface area contributed by atoms with E-state index in [0.717, 1.165) is 5.65 Å². The fraction of sp³-hybridized carbons (Fsp3) is 0.300. The average Bonchev–Trinajstić information content (AvgIpc) is 2.88. The number of nitrogens with zero attached hydrogens (tertiary/aromatic N) is 1. The number of aromatic nitrogens is 2. The maximum absolute atomic E-state index is 4.90. The topological polar surface area (TPSA) is 47.1 Å². The number of fused-ring (bicyclic) bond motifs is 1. The van der Waals surface area contributed by atoms with Crippen molar-refractivity contribution in [1.82, 2.24) is 9.97 Å². The Bertz CT molecular complexity index is 491. The van der Waals surface area contributed by atoms with Gasteiger partial charge in [-0.25, -0.2) is 4.98 Å². The van der Waals surface area contributed by atoms with Gasteiger partial charge in [-0.05, 0) is 24.1 Å². The van der Waals surface area contributed by atoms with Crippen LogP contribution in [0.5, 0.6) is 0 Å². The number of aryl methyl sites for hydroxylation is 1. The molecule has 1 N–H and O–H groups in total. The second kappa shape index (κ2) is 3.36. The molecule has 1 aliphatic heterocycles. The molecule has 3 rings (SSSR count). The number of hydrogen-bond acceptors (Lipinski definition) is 3. The van der Waals surface area contributed by atoms with E-state index in [9.17, 15) is 0 Å². The summed E-state index contributed by atoms with van der Waals surface area (Å²) in [5.41, 5.74) is 3.35. The Hall–Kier alpha value is -1.33. The lowest BCUT2D eigenvalue weighted by Gasteiger charge is -2.04. The molecule has 0 bridgehead atoms. The lowest BCUT2D eigenvalue weighted by Crippen LogP contribution is -2.04. The molecule has 0 spiro atoms. The van der Waals surface area contributed by atoms with Gasteiger partial charge < -0.3 is 9.79 Å². The van der Waals surface area contributed by atoms with Gasteiger partial charge in [-0.2, -0.15) is 0 Å². The lowest BCUT2D eigenvalue weighted by atomic mass is 9.77. The van der Waals surface area contributed by atoms with E-state index in [1.807, 2.05) is 12.4 Å². The highest BCUT2D eigenvalue weighted by Crippen LogP contribution is 2.24. The molecule has 1 atom stereocenters. The minimum absolute atomic E-state index is 0.316. The van der Waals surface area contributed by atoms with Crippen LogP contribution in [0.4, 0.5) is 0 Å². The molecule has 4 nitrogen and oxygen atoms in total. The van der Waals surface area contributed by atoms with Gasteiger partial charge in [0.05, 0.1) is 6.61 Å². The fourth-order valence-electron chi connectivity index (χ4n) is 1.88. The van der Waals surface area contributed by atoms with Crippen molar-refractivity contribution in [3.8, 4) is 0 Å². The van der Waals surface area contributed by atoms with Crippen LogP contribution in [-0.2, 0) is 9.69 Å². The van der Waals surface area contributed by atoms with Crippen LogP contribution in [0.15, 0.2) is 18.5 Å². The van der Waals surface area contributed by atoms with Crippen LogP contribution >= 0.6 is 0 Å². The number of rotatable bonds is 1. The smallest absolute Gasteiger partial charge is 0.333 e. The predicted octanol–water partition coefficient (Wildman–Crippen LogP) is 1.23. The van der Waals surface area contributed by atoms with Gasteiger partial charge in [0.2, 0.25) is 0 Å². The van der Waals surface area contributed by atoms with Crippen molar-refractivity contribution in [2.75, 3.05) is 6.61 Å².